The summed E-state index contributed by atoms with van der Waals surface area (Å²) in [5.41, 5.74) is 0. The highest BCUT2D eigenvalue weighted by Gasteiger charge is 2.54. The Morgan fingerprint density at radius 3 is 1.65 bits per heavy atom. The van der Waals surface area contributed by atoms with Crippen LogP contribution < -0.4 is 0 Å². The van der Waals surface area contributed by atoms with E-state index in [0.29, 0.717) is 6.42 Å². The lowest BCUT2D eigenvalue weighted by molar-refractivity contribution is -0.340. The molecule has 12 nitrogen and oxygen atoms in total. The number of esters is 1. The quantitative estimate of drug-likeness (QED) is 0.0837. The van der Waals surface area contributed by atoms with Crippen molar-refractivity contribution in [2.45, 2.75) is 158 Å². The van der Waals surface area contributed by atoms with E-state index in [9.17, 15) is 45.6 Å². The van der Waals surface area contributed by atoms with Gasteiger partial charge in [-0.2, -0.15) is 0 Å². The van der Waals surface area contributed by atoms with Gasteiger partial charge < -0.3 is 55.1 Å². The minimum absolute atomic E-state index is 0.0284. The van der Waals surface area contributed by atoms with Crippen molar-refractivity contribution in [3.05, 3.63) is 0 Å². The van der Waals surface area contributed by atoms with Gasteiger partial charge in [-0.15, -0.1) is 0 Å². The van der Waals surface area contributed by atoms with Crippen molar-refractivity contribution in [3.8, 4) is 0 Å². The van der Waals surface area contributed by atoms with Crippen molar-refractivity contribution < 1.29 is 59.9 Å². The highest BCUT2D eigenvalue weighted by molar-refractivity contribution is 5.69. The summed E-state index contributed by atoms with van der Waals surface area (Å²) in [5.74, 6) is 0.0611. The van der Waals surface area contributed by atoms with E-state index in [1.807, 2.05) is 0 Å². The molecule has 1 saturated heterocycles. The summed E-state index contributed by atoms with van der Waals surface area (Å²) < 4.78 is 16.1. The zero-order chi connectivity index (χ0) is 29.8. The Morgan fingerprint density at radius 1 is 0.650 bits per heavy atom. The number of aliphatic hydroxyl groups is 8. The maximum absolute atomic E-state index is 12.5. The van der Waals surface area contributed by atoms with Gasteiger partial charge in [0.25, 0.3) is 0 Å². The first-order valence-electron chi connectivity index (χ1n) is 14.9. The van der Waals surface area contributed by atoms with E-state index < -0.39 is 79.9 Å². The number of rotatable bonds is 17. The van der Waals surface area contributed by atoms with Crippen LogP contribution in [0.1, 0.15) is 90.9 Å². The Labute approximate surface area is 236 Å². The molecule has 0 amide bonds. The van der Waals surface area contributed by atoms with Gasteiger partial charge in [-0.05, 0) is 12.3 Å². The second kappa shape index (κ2) is 17.9. The first-order chi connectivity index (χ1) is 19.0. The lowest BCUT2D eigenvalue weighted by Crippen LogP contribution is -2.67. The molecule has 2 fully saturated rings. The van der Waals surface area contributed by atoms with Gasteiger partial charge in [0.1, 0.15) is 54.9 Å². The van der Waals surface area contributed by atoms with E-state index in [2.05, 4.69) is 13.8 Å². The SMILES string of the molecule is CC(C)CCCCCCCCCCCCC(=O)O[C@@H]1[C@H](O)[C@@H](O)[C@H](O)[C@@H](O)[C@@H]1O[C@@H]1O[C@H](CO)[C@@H](O)[C@H](O)[C@H]1O. The fourth-order valence-corrected chi connectivity index (χ4v) is 5.26. The van der Waals surface area contributed by atoms with Crippen LogP contribution in [0.2, 0.25) is 0 Å². The Hall–Kier alpha value is -0.930. The van der Waals surface area contributed by atoms with Gasteiger partial charge in [-0.25, -0.2) is 0 Å². The van der Waals surface area contributed by atoms with Gasteiger partial charge in [0, 0.05) is 6.42 Å². The van der Waals surface area contributed by atoms with Crippen molar-refractivity contribution >= 4 is 5.97 Å². The summed E-state index contributed by atoms with van der Waals surface area (Å²) in [7, 11) is 0. The maximum Gasteiger partial charge on any atom is 0.306 e. The molecular weight excluding hydrogens is 528 g/mol. The predicted molar refractivity (Wildman–Crippen MR) is 143 cm³/mol. The fraction of sp³-hybridized carbons (Fsp3) is 0.964. The first-order valence-corrected chi connectivity index (χ1v) is 14.9. The normalized spacial score (nSPS) is 36.6. The molecule has 12 heteroatoms. The highest BCUT2D eigenvalue weighted by atomic mass is 16.7. The van der Waals surface area contributed by atoms with Gasteiger partial charge in [0.15, 0.2) is 12.4 Å². The van der Waals surface area contributed by atoms with Crippen LogP contribution in [-0.2, 0) is 19.0 Å². The predicted octanol–water partition coefficient (Wildman–Crippen LogP) is -0.122. The molecule has 2 aliphatic rings. The molecule has 1 aliphatic carbocycles. The lowest BCUT2D eigenvalue weighted by atomic mass is 9.84. The molecule has 1 aliphatic heterocycles. The molecule has 11 atom stereocenters. The maximum atomic E-state index is 12.5. The molecule has 0 spiro atoms. The molecular formula is C28H52O12. The molecule has 1 saturated carbocycles. The molecule has 8 N–H and O–H groups in total. The third-order valence-corrected chi connectivity index (χ3v) is 7.87. The molecule has 0 aromatic rings. The number of hydrogen-bond acceptors (Lipinski definition) is 12. The Bertz CT molecular complexity index is 707. The third-order valence-electron chi connectivity index (χ3n) is 7.87. The summed E-state index contributed by atoms with van der Waals surface area (Å²) in [5, 5.41) is 80.9. The molecule has 0 bridgehead atoms. The molecule has 1 heterocycles. The molecule has 236 valence electrons. The van der Waals surface area contributed by atoms with Crippen LogP contribution >= 0.6 is 0 Å². The van der Waals surface area contributed by atoms with E-state index in [4.69, 9.17) is 14.2 Å². The topological polar surface area (TPSA) is 207 Å². The minimum Gasteiger partial charge on any atom is -0.457 e. The van der Waals surface area contributed by atoms with E-state index in [-0.39, 0.29) is 6.42 Å². The van der Waals surface area contributed by atoms with Crippen LogP contribution in [-0.4, -0.2) is 121 Å². The van der Waals surface area contributed by atoms with Crippen molar-refractivity contribution in [2.24, 2.45) is 5.92 Å². The number of aliphatic hydroxyl groups excluding tert-OH is 8. The number of carbonyl (C=O) groups excluding carboxylic acids is 1. The fourth-order valence-electron chi connectivity index (χ4n) is 5.26. The van der Waals surface area contributed by atoms with Crippen LogP contribution in [0.4, 0.5) is 0 Å². The first kappa shape index (κ1) is 35.3. The summed E-state index contributed by atoms with van der Waals surface area (Å²) in [6.45, 7) is 3.77. The monoisotopic (exact) mass is 580 g/mol. The van der Waals surface area contributed by atoms with Crippen LogP contribution in [0, 0.1) is 5.92 Å². The van der Waals surface area contributed by atoms with E-state index in [1.54, 1.807) is 0 Å². The Kier molecular flexibility index (Phi) is 15.8. The zero-order valence-corrected chi connectivity index (χ0v) is 23.8. The largest absolute Gasteiger partial charge is 0.457 e. The van der Waals surface area contributed by atoms with Crippen molar-refractivity contribution in [2.75, 3.05) is 6.61 Å². The smallest absolute Gasteiger partial charge is 0.306 e. The van der Waals surface area contributed by atoms with Crippen molar-refractivity contribution in [3.63, 3.8) is 0 Å². The highest BCUT2D eigenvalue weighted by Crippen LogP contribution is 2.31. The van der Waals surface area contributed by atoms with Gasteiger partial charge in [-0.1, -0.05) is 78.1 Å². The van der Waals surface area contributed by atoms with Gasteiger partial charge >= 0.3 is 5.97 Å². The van der Waals surface area contributed by atoms with Crippen molar-refractivity contribution in [1.82, 2.24) is 0 Å². The lowest BCUT2D eigenvalue weighted by Gasteiger charge is -2.46. The zero-order valence-electron chi connectivity index (χ0n) is 23.8. The van der Waals surface area contributed by atoms with Crippen LogP contribution in [0.5, 0.6) is 0 Å². The third kappa shape index (κ3) is 10.4. The average Bonchev–Trinajstić information content (AvgIpc) is 2.92. The van der Waals surface area contributed by atoms with Crippen LogP contribution in [0.3, 0.4) is 0 Å². The second-order valence-electron chi connectivity index (χ2n) is 11.7. The summed E-state index contributed by atoms with van der Waals surface area (Å²) in [6.07, 6.45) is -6.81. The Balaban J connectivity index is 1.79. The molecule has 0 aromatic carbocycles. The van der Waals surface area contributed by atoms with Crippen LogP contribution in [0.25, 0.3) is 0 Å². The van der Waals surface area contributed by atoms with Gasteiger partial charge in [-0.3, -0.25) is 4.79 Å². The van der Waals surface area contributed by atoms with Gasteiger partial charge in [0.2, 0.25) is 0 Å². The van der Waals surface area contributed by atoms with Crippen LogP contribution in [0.15, 0.2) is 0 Å². The molecule has 0 radical (unpaired) electrons. The standard InChI is InChI=1S/C28H52O12/c1-16(2)13-11-9-7-5-3-4-6-8-10-12-14-18(30)39-26-23(35)21(33)22(34)24(36)27(26)40-28-25(37)20(32)19(31)17(15-29)38-28/h16-17,19-29,31-37H,3-15H2,1-2H3/t17-,19-,20+,21+,22+,23-,24-,25-,26-,27+,28+/m1/s1. The van der Waals surface area contributed by atoms with Gasteiger partial charge in [0.05, 0.1) is 6.61 Å². The number of unbranched alkanes of at least 4 members (excludes halogenated alkanes) is 9. The summed E-state index contributed by atoms with van der Waals surface area (Å²) in [4.78, 5) is 12.5. The minimum atomic E-state index is -1.88. The summed E-state index contributed by atoms with van der Waals surface area (Å²) in [6, 6.07) is 0. The second-order valence-corrected chi connectivity index (χ2v) is 11.7. The molecule has 0 aromatic heterocycles. The average molecular weight is 581 g/mol. The van der Waals surface area contributed by atoms with E-state index in [1.165, 1.54) is 38.5 Å². The molecule has 40 heavy (non-hydrogen) atoms. The van der Waals surface area contributed by atoms with E-state index >= 15 is 0 Å². The number of hydrogen-bond donors (Lipinski definition) is 8. The Morgan fingerprint density at radius 2 is 1.12 bits per heavy atom. The molecule has 2 rings (SSSR count). The number of ether oxygens (including phenoxy) is 3. The molecule has 0 unspecified atom stereocenters. The van der Waals surface area contributed by atoms with E-state index in [0.717, 1.165) is 31.6 Å². The summed E-state index contributed by atoms with van der Waals surface area (Å²) >= 11 is 0. The van der Waals surface area contributed by atoms with Crippen molar-refractivity contribution in [1.29, 1.82) is 0 Å². The number of carbonyl (C=O) groups is 1.